The highest BCUT2D eigenvalue weighted by molar-refractivity contribution is 6.43. The van der Waals surface area contributed by atoms with Crippen LogP contribution in [0.4, 0.5) is 5.69 Å². The van der Waals surface area contributed by atoms with E-state index in [4.69, 9.17) is 33.4 Å². The molecule has 0 spiro atoms. The topological polar surface area (TPSA) is 52.0 Å². The summed E-state index contributed by atoms with van der Waals surface area (Å²) in [6.07, 6.45) is 0.819. The molecule has 0 aliphatic carbocycles. The van der Waals surface area contributed by atoms with E-state index >= 15 is 0 Å². The minimum Gasteiger partial charge on any atom is -0.436 e. The van der Waals surface area contributed by atoms with E-state index in [1.54, 1.807) is 12.1 Å². The highest BCUT2D eigenvalue weighted by Crippen LogP contribution is 2.35. The van der Waals surface area contributed by atoms with Gasteiger partial charge < -0.3 is 10.2 Å². The summed E-state index contributed by atoms with van der Waals surface area (Å²) in [5, 5.41) is 0.911. The van der Waals surface area contributed by atoms with Gasteiger partial charge in [-0.05, 0) is 36.2 Å². The maximum Gasteiger partial charge on any atom is 0.228 e. The predicted molar refractivity (Wildman–Crippen MR) is 83.3 cm³/mol. The molecule has 0 atom stereocenters. The molecule has 0 radical (unpaired) electrons. The van der Waals surface area contributed by atoms with Crippen molar-refractivity contribution in [2.75, 3.05) is 5.73 Å². The minimum atomic E-state index is 0.437. The first-order chi connectivity index (χ1) is 9.60. The van der Waals surface area contributed by atoms with Gasteiger partial charge in [0.05, 0.1) is 15.6 Å². The fraction of sp³-hybridized carbons (Fsp3) is 0.133. The number of aromatic nitrogens is 1. The van der Waals surface area contributed by atoms with Crippen molar-refractivity contribution >= 4 is 40.0 Å². The molecule has 1 heterocycles. The Morgan fingerprint density at radius 1 is 1.25 bits per heavy atom. The van der Waals surface area contributed by atoms with Crippen LogP contribution in [-0.4, -0.2) is 4.98 Å². The summed E-state index contributed by atoms with van der Waals surface area (Å²) < 4.78 is 5.86. The molecule has 0 unspecified atom stereocenters. The molecule has 102 valence electrons. The Morgan fingerprint density at radius 2 is 2.05 bits per heavy atom. The van der Waals surface area contributed by atoms with Gasteiger partial charge >= 0.3 is 0 Å². The summed E-state index contributed by atoms with van der Waals surface area (Å²) >= 11 is 12.2. The van der Waals surface area contributed by atoms with Crippen LogP contribution in [0.15, 0.2) is 34.7 Å². The fourth-order valence-corrected chi connectivity index (χ4v) is 2.55. The molecule has 0 amide bonds. The molecule has 3 aromatic rings. The lowest BCUT2D eigenvalue weighted by atomic mass is 10.1. The van der Waals surface area contributed by atoms with E-state index in [0.29, 0.717) is 27.2 Å². The molecule has 20 heavy (non-hydrogen) atoms. The van der Waals surface area contributed by atoms with Gasteiger partial charge in [-0.15, -0.1) is 0 Å². The van der Waals surface area contributed by atoms with Crippen LogP contribution in [0.5, 0.6) is 0 Å². The van der Waals surface area contributed by atoms with Crippen molar-refractivity contribution in [1.82, 2.24) is 4.98 Å². The number of aryl methyl sites for hydroxylation is 1. The average molecular weight is 307 g/mol. The molecular weight excluding hydrogens is 295 g/mol. The van der Waals surface area contributed by atoms with Gasteiger partial charge in [0, 0.05) is 5.69 Å². The standard InChI is InChI=1S/C15H12Cl2N2O/c1-2-8-6-9(18)7-12-14(8)20-15(19-12)10-4-3-5-11(16)13(10)17/h3-7H,2,18H2,1H3. The first-order valence-electron chi connectivity index (χ1n) is 6.23. The Balaban J connectivity index is 2.25. The molecule has 0 saturated carbocycles. The highest BCUT2D eigenvalue weighted by atomic mass is 35.5. The number of benzene rings is 2. The third kappa shape index (κ3) is 2.13. The fourth-order valence-electron chi connectivity index (χ4n) is 2.17. The Labute approximate surface area is 126 Å². The molecule has 2 N–H and O–H groups in total. The molecule has 0 saturated heterocycles. The van der Waals surface area contributed by atoms with Gasteiger partial charge in [0.2, 0.25) is 5.89 Å². The van der Waals surface area contributed by atoms with E-state index in [9.17, 15) is 0 Å². The third-order valence-corrected chi connectivity index (χ3v) is 3.97. The SMILES string of the molecule is CCc1cc(N)cc2nc(-c3cccc(Cl)c3Cl)oc12. The first-order valence-corrected chi connectivity index (χ1v) is 6.99. The van der Waals surface area contributed by atoms with Crippen molar-refractivity contribution < 1.29 is 4.42 Å². The third-order valence-electron chi connectivity index (χ3n) is 3.15. The number of halogens is 2. The lowest BCUT2D eigenvalue weighted by Crippen LogP contribution is -1.88. The maximum absolute atomic E-state index is 6.20. The first kappa shape index (κ1) is 13.3. The molecule has 3 nitrogen and oxygen atoms in total. The second-order valence-corrected chi connectivity index (χ2v) is 5.29. The van der Waals surface area contributed by atoms with Gasteiger partial charge in [-0.1, -0.05) is 36.2 Å². The zero-order chi connectivity index (χ0) is 14.3. The van der Waals surface area contributed by atoms with Crippen LogP contribution in [-0.2, 0) is 6.42 Å². The molecule has 1 aromatic heterocycles. The van der Waals surface area contributed by atoms with E-state index in [-0.39, 0.29) is 0 Å². The number of hydrogen-bond donors (Lipinski definition) is 1. The number of nitrogen functional groups attached to an aromatic ring is 1. The second kappa shape index (κ2) is 5.00. The number of fused-ring (bicyclic) bond motifs is 1. The molecule has 2 aromatic carbocycles. The quantitative estimate of drug-likeness (QED) is 0.682. The average Bonchev–Trinajstić information content (AvgIpc) is 2.84. The van der Waals surface area contributed by atoms with Gasteiger partial charge in [-0.25, -0.2) is 4.98 Å². The zero-order valence-electron chi connectivity index (χ0n) is 10.8. The Morgan fingerprint density at radius 3 is 2.80 bits per heavy atom. The summed E-state index contributed by atoms with van der Waals surface area (Å²) in [4.78, 5) is 4.46. The Bertz CT molecular complexity index is 796. The number of oxazole rings is 1. The molecule has 3 rings (SSSR count). The van der Waals surface area contributed by atoms with E-state index in [0.717, 1.165) is 23.1 Å². The van der Waals surface area contributed by atoms with Crippen molar-refractivity contribution in [3.8, 4) is 11.5 Å². The summed E-state index contributed by atoms with van der Waals surface area (Å²) in [5.74, 6) is 0.452. The summed E-state index contributed by atoms with van der Waals surface area (Å²) in [6.45, 7) is 2.04. The molecule has 0 aliphatic heterocycles. The monoisotopic (exact) mass is 306 g/mol. The highest BCUT2D eigenvalue weighted by Gasteiger charge is 2.15. The Kier molecular flexibility index (Phi) is 3.32. The van der Waals surface area contributed by atoms with Crippen LogP contribution in [0.2, 0.25) is 10.0 Å². The van der Waals surface area contributed by atoms with Gasteiger partial charge in [-0.2, -0.15) is 0 Å². The van der Waals surface area contributed by atoms with Gasteiger partial charge in [0.15, 0.2) is 5.58 Å². The van der Waals surface area contributed by atoms with Crippen molar-refractivity contribution in [3.05, 3.63) is 45.9 Å². The van der Waals surface area contributed by atoms with Gasteiger partial charge in [0.25, 0.3) is 0 Å². The number of nitrogens with two attached hydrogens (primary N) is 1. The van der Waals surface area contributed by atoms with E-state index < -0.39 is 0 Å². The predicted octanol–water partition coefficient (Wildman–Crippen LogP) is 4.95. The summed E-state index contributed by atoms with van der Waals surface area (Å²) in [7, 11) is 0. The maximum atomic E-state index is 6.20. The normalized spacial score (nSPS) is 11.2. The van der Waals surface area contributed by atoms with Gasteiger partial charge in [-0.3, -0.25) is 0 Å². The van der Waals surface area contributed by atoms with Crippen LogP contribution < -0.4 is 5.73 Å². The molecule has 0 fully saturated rings. The molecule has 5 heteroatoms. The molecule has 0 aliphatic rings. The van der Waals surface area contributed by atoms with Crippen molar-refractivity contribution in [1.29, 1.82) is 0 Å². The molecular formula is C15H12Cl2N2O. The summed E-state index contributed by atoms with van der Waals surface area (Å²) in [6, 6.07) is 9.06. The van der Waals surface area contributed by atoms with E-state index in [1.165, 1.54) is 0 Å². The van der Waals surface area contributed by atoms with Crippen molar-refractivity contribution in [2.24, 2.45) is 0 Å². The number of anilines is 1. The van der Waals surface area contributed by atoms with Crippen LogP contribution in [0.25, 0.3) is 22.6 Å². The number of hydrogen-bond acceptors (Lipinski definition) is 3. The second-order valence-electron chi connectivity index (χ2n) is 4.50. The van der Waals surface area contributed by atoms with E-state index in [1.807, 2.05) is 25.1 Å². The van der Waals surface area contributed by atoms with Crippen LogP contribution in [0.1, 0.15) is 12.5 Å². The Hall–Kier alpha value is -1.71. The lowest BCUT2D eigenvalue weighted by molar-refractivity contribution is 0.616. The van der Waals surface area contributed by atoms with Gasteiger partial charge in [0.1, 0.15) is 5.52 Å². The molecule has 0 bridgehead atoms. The van der Waals surface area contributed by atoms with Crippen molar-refractivity contribution in [2.45, 2.75) is 13.3 Å². The lowest BCUT2D eigenvalue weighted by Gasteiger charge is -2.01. The number of rotatable bonds is 2. The zero-order valence-corrected chi connectivity index (χ0v) is 12.3. The van der Waals surface area contributed by atoms with Crippen LogP contribution in [0.3, 0.4) is 0 Å². The van der Waals surface area contributed by atoms with Crippen molar-refractivity contribution in [3.63, 3.8) is 0 Å². The van der Waals surface area contributed by atoms with E-state index in [2.05, 4.69) is 4.98 Å². The largest absolute Gasteiger partial charge is 0.436 e. The smallest absolute Gasteiger partial charge is 0.228 e. The van der Waals surface area contributed by atoms with Crippen LogP contribution in [0, 0.1) is 0 Å². The minimum absolute atomic E-state index is 0.437. The van der Waals surface area contributed by atoms with Crippen LogP contribution >= 0.6 is 23.2 Å². The number of nitrogens with zero attached hydrogens (tertiary/aromatic N) is 1. The summed E-state index contributed by atoms with van der Waals surface area (Å²) in [5.41, 5.74) is 9.72.